The van der Waals surface area contributed by atoms with E-state index in [1.54, 1.807) is 0 Å². The highest BCUT2D eigenvalue weighted by molar-refractivity contribution is 5.92. The first kappa shape index (κ1) is 16.0. The molecule has 0 heterocycles. The normalized spacial score (nSPS) is 13.3. The number of carboxylic acid groups (broad SMARTS) is 1. The Morgan fingerprint density at radius 3 is 2.11 bits per heavy atom. The number of aliphatic carboxylic acids is 1. The van der Waals surface area contributed by atoms with Crippen LogP contribution in [0.3, 0.4) is 0 Å². The molecule has 0 spiro atoms. The molecule has 0 saturated heterocycles. The molecule has 1 unspecified atom stereocenters. The molecule has 0 rings (SSSR count). The van der Waals surface area contributed by atoms with Gasteiger partial charge in [0.1, 0.15) is 0 Å². The van der Waals surface area contributed by atoms with Crippen LogP contribution >= 0.6 is 0 Å². The van der Waals surface area contributed by atoms with E-state index in [2.05, 4.69) is 9.47 Å². The van der Waals surface area contributed by atoms with E-state index in [-0.39, 0.29) is 6.61 Å². The third-order valence-corrected chi connectivity index (χ3v) is 1.79. The van der Waals surface area contributed by atoms with Crippen LogP contribution in [-0.4, -0.2) is 46.3 Å². The van der Waals surface area contributed by atoms with Crippen LogP contribution in [0.1, 0.15) is 26.7 Å². The van der Waals surface area contributed by atoms with Crippen molar-refractivity contribution < 1.29 is 38.9 Å². The molecule has 8 heteroatoms. The van der Waals surface area contributed by atoms with E-state index < -0.39 is 42.3 Å². The molecule has 0 fully saturated rings. The smallest absolute Gasteiger partial charge is 0.339 e. The Morgan fingerprint density at radius 2 is 1.72 bits per heavy atom. The van der Waals surface area contributed by atoms with Gasteiger partial charge in [-0.1, -0.05) is 0 Å². The average Bonchev–Trinajstić information content (AvgIpc) is 2.14. The minimum atomic E-state index is -2.55. The summed E-state index contributed by atoms with van der Waals surface area (Å²) in [6.07, 6.45) is -2.00. The Labute approximate surface area is 102 Å². The second-order valence-electron chi connectivity index (χ2n) is 3.46. The zero-order chi connectivity index (χ0) is 14.3. The summed E-state index contributed by atoms with van der Waals surface area (Å²) in [6.45, 7) is 2.31. The first-order valence-corrected chi connectivity index (χ1v) is 5.04. The summed E-state index contributed by atoms with van der Waals surface area (Å²) >= 11 is 0. The molecular formula is C10H14O8. The highest BCUT2D eigenvalue weighted by atomic mass is 16.6. The van der Waals surface area contributed by atoms with Crippen molar-refractivity contribution in [1.29, 1.82) is 0 Å². The maximum atomic E-state index is 11.4. The molecule has 0 aliphatic carbocycles. The average molecular weight is 262 g/mol. The lowest BCUT2D eigenvalue weighted by Crippen LogP contribution is -2.44. The molecule has 18 heavy (non-hydrogen) atoms. The number of carboxylic acids is 1. The van der Waals surface area contributed by atoms with Crippen LogP contribution in [0.2, 0.25) is 0 Å². The van der Waals surface area contributed by atoms with Crippen molar-refractivity contribution in [3.8, 4) is 0 Å². The Kier molecular flexibility index (Phi) is 5.97. The van der Waals surface area contributed by atoms with E-state index in [1.165, 1.54) is 6.92 Å². The Balaban J connectivity index is 4.86. The van der Waals surface area contributed by atoms with Gasteiger partial charge in [-0.15, -0.1) is 0 Å². The number of ether oxygens (including phenoxy) is 2. The van der Waals surface area contributed by atoms with Gasteiger partial charge in [-0.3, -0.25) is 14.4 Å². The highest BCUT2D eigenvalue weighted by Crippen LogP contribution is 2.19. The fraction of sp³-hybridized carbons (Fsp3) is 0.600. The zero-order valence-electron chi connectivity index (χ0n) is 9.97. The molecule has 0 amide bonds. The third-order valence-electron chi connectivity index (χ3n) is 1.79. The number of rotatable bonds is 6. The van der Waals surface area contributed by atoms with E-state index >= 15 is 0 Å². The van der Waals surface area contributed by atoms with Crippen LogP contribution in [0, 0.1) is 0 Å². The number of carbonyl (C=O) groups is 4. The lowest BCUT2D eigenvalue weighted by molar-refractivity contribution is -0.177. The SMILES string of the molecule is CCOC(=O)C(O)(CC(=O)O)CC(=O)OC(C)=O. The maximum Gasteiger partial charge on any atom is 0.339 e. The van der Waals surface area contributed by atoms with Crippen LogP contribution < -0.4 is 0 Å². The number of hydrogen-bond donors (Lipinski definition) is 2. The first-order chi connectivity index (χ1) is 8.21. The van der Waals surface area contributed by atoms with Crippen molar-refractivity contribution in [2.75, 3.05) is 6.61 Å². The largest absolute Gasteiger partial charge is 0.481 e. The molecule has 8 nitrogen and oxygen atoms in total. The van der Waals surface area contributed by atoms with Gasteiger partial charge in [-0.05, 0) is 6.92 Å². The summed E-state index contributed by atoms with van der Waals surface area (Å²) in [7, 11) is 0. The van der Waals surface area contributed by atoms with Gasteiger partial charge in [0.2, 0.25) is 0 Å². The summed E-state index contributed by atoms with van der Waals surface area (Å²) in [6, 6.07) is 0. The number of esters is 3. The Morgan fingerprint density at radius 1 is 1.17 bits per heavy atom. The van der Waals surface area contributed by atoms with E-state index in [0.717, 1.165) is 6.92 Å². The van der Waals surface area contributed by atoms with Crippen LogP contribution in [0.15, 0.2) is 0 Å². The van der Waals surface area contributed by atoms with Gasteiger partial charge in [0, 0.05) is 6.92 Å². The molecule has 0 aliphatic heterocycles. The minimum absolute atomic E-state index is 0.0947. The summed E-state index contributed by atoms with van der Waals surface area (Å²) in [4.78, 5) is 43.6. The Bertz CT molecular complexity index is 361. The summed E-state index contributed by atoms with van der Waals surface area (Å²) < 4.78 is 8.59. The molecule has 0 bridgehead atoms. The quantitative estimate of drug-likeness (QED) is 0.472. The van der Waals surface area contributed by atoms with Crippen molar-refractivity contribution >= 4 is 23.9 Å². The van der Waals surface area contributed by atoms with Crippen LogP contribution in [0.25, 0.3) is 0 Å². The maximum absolute atomic E-state index is 11.4. The molecule has 0 saturated carbocycles. The van der Waals surface area contributed by atoms with Gasteiger partial charge in [0.25, 0.3) is 0 Å². The molecule has 1 atom stereocenters. The predicted octanol–water partition coefficient (Wildman–Crippen LogP) is -0.765. The topological polar surface area (TPSA) is 127 Å². The number of aliphatic hydroxyl groups is 1. The second kappa shape index (κ2) is 6.70. The van der Waals surface area contributed by atoms with E-state index in [9.17, 15) is 24.3 Å². The predicted molar refractivity (Wildman–Crippen MR) is 55.2 cm³/mol. The molecule has 0 aliphatic rings. The van der Waals surface area contributed by atoms with E-state index in [1.807, 2.05) is 0 Å². The van der Waals surface area contributed by atoms with Gasteiger partial charge >= 0.3 is 23.9 Å². The summed E-state index contributed by atoms with van der Waals surface area (Å²) in [5.41, 5.74) is -2.55. The molecular weight excluding hydrogens is 248 g/mol. The molecule has 102 valence electrons. The summed E-state index contributed by atoms with van der Waals surface area (Å²) in [5.74, 6) is -4.89. The minimum Gasteiger partial charge on any atom is -0.481 e. The molecule has 0 radical (unpaired) electrons. The fourth-order valence-corrected chi connectivity index (χ4v) is 1.16. The summed E-state index contributed by atoms with van der Waals surface area (Å²) in [5, 5.41) is 18.4. The number of hydrogen-bond acceptors (Lipinski definition) is 7. The van der Waals surface area contributed by atoms with Crippen LogP contribution in [-0.2, 0) is 28.7 Å². The van der Waals surface area contributed by atoms with Crippen molar-refractivity contribution in [3.63, 3.8) is 0 Å². The van der Waals surface area contributed by atoms with Crippen molar-refractivity contribution in [2.45, 2.75) is 32.3 Å². The molecule has 2 N–H and O–H groups in total. The lowest BCUT2D eigenvalue weighted by atomic mass is 9.96. The fourth-order valence-electron chi connectivity index (χ4n) is 1.16. The van der Waals surface area contributed by atoms with Gasteiger partial charge in [0.05, 0.1) is 19.4 Å². The van der Waals surface area contributed by atoms with E-state index in [4.69, 9.17) is 5.11 Å². The zero-order valence-corrected chi connectivity index (χ0v) is 9.97. The Hall–Kier alpha value is -1.96. The van der Waals surface area contributed by atoms with Gasteiger partial charge in [0.15, 0.2) is 5.60 Å². The standard InChI is InChI=1S/C10H14O8/c1-3-17-9(15)10(16,4-7(12)13)5-8(14)18-6(2)11/h16H,3-5H2,1-2H3,(H,12,13). The van der Waals surface area contributed by atoms with Crippen LogP contribution in [0.4, 0.5) is 0 Å². The van der Waals surface area contributed by atoms with Crippen molar-refractivity contribution in [1.82, 2.24) is 0 Å². The highest BCUT2D eigenvalue weighted by Gasteiger charge is 2.43. The van der Waals surface area contributed by atoms with Gasteiger partial charge in [-0.2, -0.15) is 0 Å². The molecule has 0 aromatic carbocycles. The molecule has 0 aromatic heterocycles. The van der Waals surface area contributed by atoms with Crippen molar-refractivity contribution in [2.24, 2.45) is 0 Å². The third kappa shape index (κ3) is 5.39. The molecule has 0 aromatic rings. The van der Waals surface area contributed by atoms with Gasteiger partial charge < -0.3 is 19.7 Å². The second-order valence-corrected chi connectivity index (χ2v) is 3.46. The van der Waals surface area contributed by atoms with Crippen molar-refractivity contribution in [3.05, 3.63) is 0 Å². The number of carbonyl (C=O) groups excluding carboxylic acids is 3. The van der Waals surface area contributed by atoms with E-state index in [0.29, 0.717) is 0 Å². The monoisotopic (exact) mass is 262 g/mol. The van der Waals surface area contributed by atoms with Crippen LogP contribution in [0.5, 0.6) is 0 Å². The van der Waals surface area contributed by atoms with Gasteiger partial charge in [-0.25, -0.2) is 4.79 Å². The first-order valence-electron chi connectivity index (χ1n) is 5.04. The lowest BCUT2D eigenvalue weighted by Gasteiger charge is -2.22.